The molecular weight excluding hydrogens is 390 g/mol. The molecule has 4 rings (SSSR count). The molecule has 1 unspecified atom stereocenters. The van der Waals surface area contributed by atoms with E-state index in [1.165, 1.54) is 6.20 Å². The summed E-state index contributed by atoms with van der Waals surface area (Å²) in [6.07, 6.45) is 4.45. The summed E-state index contributed by atoms with van der Waals surface area (Å²) in [4.78, 5) is 6.89. The lowest BCUT2D eigenvalue weighted by Crippen LogP contribution is -2.45. The average Bonchev–Trinajstić information content (AvgIpc) is 3.05. The lowest BCUT2D eigenvalue weighted by Gasteiger charge is -2.34. The van der Waals surface area contributed by atoms with Crippen LogP contribution in [0.3, 0.4) is 0 Å². The number of anilines is 1. The minimum absolute atomic E-state index is 0.0142. The molecular formula is C20H29N5O3S. The Labute approximate surface area is 172 Å². The standard InChI is InChI=1S/C20H29N5O3S/c1-16-12-17(2)25(22-16)15-18-14-23(10-11-28-18)20-7-6-19(13-21-20)29(26,27)24-8-4-3-5-9-24/h6-7,12-13,18H,3-5,8-11,14-15H2,1-2H3. The fourth-order valence-corrected chi connectivity index (χ4v) is 5.52. The predicted octanol–water partition coefficient (Wildman–Crippen LogP) is 1.97. The van der Waals surface area contributed by atoms with Gasteiger partial charge in [0.1, 0.15) is 10.7 Å². The van der Waals surface area contributed by atoms with Crippen molar-refractivity contribution in [2.45, 2.75) is 50.7 Å². The molecule has 9 heteroatoms. The van der Waals surface area contributed by atoms with E-state index in [0.29, 0.717) is 32.8 Å². The van der Waals surface area contributed by atoms with Crippen LogP contribution >= 0.6 is 0 Å². The molecule has 1 atom stereocenters. The fourth-order valence-electron chi connectivity index (χ4n) is 4.06. The summed E-state index contributed by atoms with van der Waals surface area (Å²) in [6, 6.07) is 5.55. The summed E-state index contributed by atoms with van der Waals surface area (Å²) in [6.45, 7) is 7.97. The molecule has 2 saturated heterocycles. The summed E-state index contributed by atoms with van der Waals surface area (Å²) >= 11 is 0. The molecule has 0 radical (unpaired) electrons. The number of nitrogens with zero attached hydrogens (tertiary/aromatic N) is 5. The number of sulfonamides is 1. The number of hydrogen-bond donors (Lipinski definition) is 0. The molecule has 2 aromatic rings. The third-order valence-corrected chi connectivity index (χ3v) is 7.50. The van der Waals surface area contributed by atoms with E-state index in [1.54, 1.807) is 10.4 Å². The van der Waals surface area contributed by atoms with E-state index in [0.717, 1.165) is 43.0 Å². The van der Waals surface area contributed by atoms with Gasteiger partial charge in [0.25, 0.3) is 0 Å². The summed E-state index contributed by atoms with van der Waals surface area (Å²) in [5.74, 6) is 0.782. The van der Waals surface area contributed by atoms with Crippen LogP contribution < -0.4 is 4.90 Å². The number of hydrogen-bond acceptors (Lipinski definition) is 6. The molecule has 2 aliphatic rings. The van der Waals surface area contributed by atoms with Crippen LogP contribution in [0.15, 0.2) is 29.3 Å². The second-order valence-corrected chi connectivity index (χ2v) is 9.80. The zero-order chi connectivity index (χ0) is 20.4. The van der Waals surface area contributed by atoms with Gasteiger partial charge in [-0.05, 0) is 44.9 Å². The Hall–Kier alpha value is -1.97. The van der Waals surface area contributed by atoms with E-state index in [4.69, 9.17) is 4.74 Å². The zero-order valence-electron chi connectivity index (χ0n) is 17.1. The van der Waals surface area contributed by atoms with Gasteiger partial charge < -0.3 is 9.64 Å². The molecule has 158 valence electrons. The van der Waals surface area contributed by atoms with E-state index < -0.39 is 10.0 Å². The zero-order valence-corrected chi connectivity index (χ0v) is 17.9. The number of rotatable bonds is 5. The number of morpholine rings is 1. The average molecular weight is 420 g/mol. The Morgan fingerprint density at radius 2 is 1.93 bits per heavy atom. The predicted molar refractivity (Wildman–Crippen MR) is 111 cm³/mol. The first-order valence-corrected chi connectivity index (χ1v) is 11.7. The van der Waals surface area contributed by atoms with Crippen molar-refractivity contribution in [1.29, 1.82) is 0 Å². The lowest BCUT2D eigenvalue weighted by atomic mass is 10.2. The minimum Gasteiger partial charge on any atom is -0.373 e. The van der Waals surface area contributed by atoms with Crippen molar-refractivity contribution in [3.05, 3.63) is 35.8 Å². The summed E-state index contributed by atoms with van der Waals surface area (Å²) in [5, 5.41) is 4.52. The molecule has 2 fully saturated rings. The number of aromatic nitrogens is 3. The highest BCUT2D eigenvalue weighted by molar-refractivity contribution is 7.89. The van der Waals surface area contributed by atoms with Gasteiger partial charge in [0.05, 0.1) is 24.9 Å². The monoisotopic (exact) mass is 419 g/mol. The molecule has 8 nitrogen and oxygen atoms in total. The van der Waals surface area contributed by atoms with Crippen LogP contribution in [0.5, 0.6) is 0 Å². The van der Waals surface area contributed by atoms with Crippen molar-refractivity contribution < 1.29 is 13.2 Å². The van der Waals surface area contributed by atoms with Crippen LogP contribution in [0.25, 0.3) is 0 Å². The Kier molecular flexibility index (Phi) is 5.89. The molecule has 0 spiro atoms. The minimum atomic E-state index is -3.45. The summed E-state index contributed by atoms with van der Waals surface area (Å²) in [7, 11) is -3.45. The summed E-state index contributed by atoms with van der Waals surface area (Å²) in [5.41, 5.74) is 2.12. The topological polar surface area (TPSA) is 80.6 Å². The number of aryl methyl sites for hydroxylation is 2. The second-order valence-electron chi connectivity index (χ2n) is 7.86. The molecule has 0 aromatic carbocycles. The Morgan fingerprint density at radius 1 is 1.14 bits per heavy atom. The second kappa shape index (κ2) is 8.41. The Balaban J connectivity index is 1.43. The highest BCUT2D eigenvalue weighted by Gasteiger charge is 2.27. The van der Waals surface area contributed by atoms with Gasteiger partial charge in [-0.25, -0.2) is 13.4 Å². The third kappa shape index (κ3) is 4.46. The van der Waals surface area contributed by atoms with Gasteiger partial charge in [0, 0.05) is 38.1 Å². The quantitative estimate of drug-likeness (QED) is 0.737. The van der Waals surface area contributed by atoms with Gasteiger partial charge in [-0.15, -0.1) is 0 Å². The Bertz CT molecular complexity index is 936. The van der Waals surface area contributed by atoms with Crippen LogP contribution in [0.1, 0.15) is 30.7 Å². The van der Waals surface area contributed by atoms with Crippen LogP contribution in [0, 0.1) is 13.8 Å². The van der Waals surface area contributed by atoms with Crippen molar-refractivity contribution in [1.82, 2.24) is 19.1 Å². The van der Waals surface area contributed by atoms with E-state index >= 15 is 0 Å². The molecule has 0 bridgehead atoms. The van der Waals surface area contributed by atoms with Crippen molar-refractivity contribution in [2.24, 2.45) is 0 Å². The van der Waals surface area contributed by atoms with Crippen LogP contribution in [-0.4, -0.2) is 66.4 Å². The highest BCUT2D eigenvalue weighted by atomic mass is 32.2. The first-order chi connectivity index (χ1) is 13.9. The maximum atomic E-state index is 12.8. The summed E-state index contributed by atoms with van der Waals surface area (Å²) < 4.78 is 35.1. The van der Waals surface area contributed by atoms with Crippen LogP contribution in [-0.2, 0) is 21.3 Å². The van der Waals surface area contributed by atoms with Crippen LogP contribution in [0.2, 0.25) is 0 Å². The number of pyridine rings is 1. The SMILES string of the molecule is Cc1cc(C)n(CC2CN(c3ccc(S(=O)(=O)N4CCCCC4)cn3)CCO2)n1. The molecule has 0 aliphatic carbocycles. The molecule has 0 amide bonds. The molecule has 0 saturated carbocycles. The van der Waals surface area contributed by atoms with Gasteiger partial charge in [0.2, 0.25) is 10.0 Å². The smallest absolute Gasteiger partial charge is 0.244 e. The van der Waals surface area contributed by atoms with E-state index in [2.05, 4.69) is 21.0 Å². The van der Waals surface area contributed by atoms with E-state index in [9.17, 15) is 8.42 Å². The van der Waals surface area contributed by atoms with E-state index in [1.807, 2.05) is 24.6 Å². The van der Waals surface area contributed by atoms with Gasteiger partial charge in [-0.1, -0.05) is 6.42 Å². The fraction of sp³-hybridized carbons (Fsp3) is 0.600. The highest BCUT2D eigenvalue weighted by Crippen LogP contribution is 2.23. The first-order valence-electron chi connectivity index (χ1n) is 10.3. The van der Waals surface area contributed by atoms with Crippen LogP contribution in [0.4, 0.5) is 5.82 Å². The van der Waals surface area contributed by atoms with Gasteiger partial charge in [-0.3, -0.25) is 4.68 Å². The third-order valence-electron chi connectivity index (χ3n) is 5.62. The van der Waals surface area contributed by atoms with E-state index in [-0.39, 0.29) is 11.0 Å². The first kappa shape index (κ1) is 20.3. The largest absolute Gasteiger partial charge is 0.373 e. The van der Waals surface area contributed by atoms with Crippen molar-refractivity contribution in [3.8, 4) is 0 Å². The van der Waals surface area contributed by atoms with Gasteiger partial charge in [0.15, 0.2) is 0 Å². The van der Waals surface area contributed by atoms with Crippen molar-refractivity contribution >= 4 is 15.8 Å². The molecule has 29 heavy (non-hydrogen) atoms. The molecule has 2 aliphatic heterocycles. The van der Waals surface area contributed by atoms with Gasteiger partial charge >= 0.3 is 0 Å². The Morgan fingerprint density at radius 3 is 2.59 bits per heavy atom. The molecule has 2 aromatic heterocycles. The number of ether oxygens (including phenoxy) is 1. The number of piperidine rings is 1. The molecule has 0 N–H and O–H groups in total. The van der Waals surface area contributed by atoms with Gasteiger partial charge in [-0.2, -0.15) is 9.40 Å². The van der Waals surface area contributed by atoms with Crippen molar-refractivity contribution in [3.63, 3.8) is 0 Å². The lowest BCUT2D eigenvalue weighted by molar-refractivity contribution is 0.0267. The molecule has 4 heterocycles. The maximum absolute atomic E-state index is 12.8. The normalized spacial score (nSPS) is 21.4. The maximum Gasteiger partial charge on any atom is 0.244 e. The van der Waals surface area contributed by atoms with Crippen molar-refractivity contribution in [2.75, 3.05) is 37.7 Å².